The quantitative estimate of drug-likeness (QED) is 0.689. The minimum Gasteiger partial charge on any atom is -0.397 e. The SMILES string of the molecule is Nc1cccc(CCCn2c(=O)cc[nH]c2=O)c1N. The van der Waals surface area contributed by atoms with Crippen molar-refractivity contribution in [2.75, 3.05) is 11.5 Å². The van der Waals surface area contributed by atoms with Crippen molar-refractivity contribution in [1.82, 2.24) is 9.55 Å². The molecule has 2 rings (SSSR count). The molecule has 0 radical (unpaired) electrons. The average Bonchev–Trinajstić information content (AvgIpc) is 2.38. The molecule has 5 N–H and O–H groups in total. The smallest absolute Gasteiger partial charge is 0.328 e. The third kappa shape index (κ3) is 2.85. The highest BCUT2D eigenvalue weighted by atomic mass is 16.2. The Labute approximate surface area is 109 Å². The molecule has 0 aliphatic rings. The van der Waals surface area contributed by atoms with Crippen molar-refractivity contribution in [2.24, 2.45) is 0 Å². The molecular formula is C13H16N4O2. The van der Waals surface area contributed by atoms with Crippen LogP contribution in [0.15, 0.2) is 40.1 Å². The Balaban J connectivity index is 2.07. The lowest BCUT2D eigenvalue weighted by Gasteiger charge is -2.08. The molecule has 6 nitrogen and oxygen atoms in total. The molecule has 0 fully saturated rings. The monoisotopic (exact) mass is 260 g/mol. The van der Waals surface area contributed by atoms with Gasteiger partial charge in [-0.15, -0.1) is 0 Å². The van der Waals surface area contributed by atoms with Crippen molar-refractivity contribution in [3.05, 3.63) is 56.9 Å². The Morgan fingerprint density at radius 1 is 1.16 bits per heavy atom. The van der Waals surface area contributed by atoms with Gasteiger partial charge in [0.15, 0.2) is 0 Å². The number of para-hydroxylation sites is 1. The summed E-state index contributed by atoms with van der Waals surface area (Å²) in [4.78, 5) is 25.4. The molecule has 19 heavy (non-hydrogen) atoms. The van der Waals surface area contributed by atoms with Crippen LogP contribution in [0.3, 0.4) is 0 Å². The molecule has 1 heterocycles. The summed E-state index contributed by atoms with van der Waals surface area (Å²) in [7, 11) is 0. The van der Waals surface area contributed by atoms with E-state index in [-0.39, 0.29) is 5.56 Å². The van der Waals surface area contributed by atoms with E-state index in [2.05, 4.69) is 4.98 Å². The summed E-state index contributed by atoms with van der Waals surface area (Å²) < 4.78 is 1.17. The first-order valence-corrected chi connectivity index (χ1v) is 6.01. The van der Waals surface area contributed by atoms with Crippen LogP contribution in [0.2, 0.25) is 0 Å². The summed E-state index contributed by atoms with van der Waals surface area (Å²) in [6.07, 6.45) is 2.65. The highest BCUT2D eigenvalue weighted by Crippen LogP contribution is 2.20. The summed E-state index contributed by atoms with van der Waals surface area (Å²) in [5.74, 6) is 0. The fourth-order valence-electron chi connectivity index (χ4n) is 1.94. The summed E-state index contributed by atoms with van der Waals surface area (Å²) in [5, 5.41) is 0. The normalized spacial score (nSPS) is 10.5. The predicted octanol–water partition coefficient (Wildman–Crippen LogP) is 0.334. The topological polar surface area (TPSA) is 107 Å². The zero-order valence-electron chi connectivity index (χ0n) is 10.4. The molecule has 0 amide bonds. The van der Waals surface area contributed by atoms with Gasteiger partial charge in [0.1, 0.15) is 0 Å². The molecule has 0 atom stereocenters. The first-order chi connectivity index (χ1) is 9.09. The molecule has 0 saturated carbocycles. The molecule has 2 aromatic rings. The maximum absolute atomic E-state index is 11.5. The number of anilines is 2. The van der Waals surface area contributed by atoms with Gasteiger partial charge in [0.25, 0.3) is 5.56 Å². The molecule has 6 heteroatoms. The lowest BCUT2D eigenvalue weighted by molar-refractivity contribution is 0.590. The van der Waals surface area contributed by atoms with Gasteiger partial charge < -0.3 is 16.5 Å². The molecule has 0 bridgehead atoms. The van der Waals surface area contributed by atoms with Crippen LogP contribution >= 0.6 is 0 Å². The summed E-state index contributed by atoms with van der Waals surface area (Å²) in [6, 6.07) is 6.80. The molecule has 0 saturated heterocycles. The third-order valence-corrected chi connectivity index (χ3v) is 3.00. The molecule has 1 aromatic heterocycles. The van der Waals surface area contributed by atoms with Crippen molar-refractivity contribution in [3.63, 3.8) is 0 Å². The summed E-state index contributed by atoms with van der Waals surface area (Å²) in [5.41, 5.74) is 12.9. The van der Waals surface area contributed by atoms with E-state index in [4.69, 9.17) is 11.5 Å². The van der Waals surface area contributed by atoms with E-state index in [1.54, 1.807) is 6.07 Å². The number of hydrogen-bond donors (Lipinski definition) is 3. The number of hydrogen-bond acceptors (Lipinski definition) is 4. The zero-order chi connectivity index (χ0) is 13.8. The molecule has 0 aliphatic heterocycles. The second-order valence-electron chi connectivity index (χ2n) is 4.30. The number of aromatic amines is 1. The van der Waals surface area contributed by atoms with Crippen LogP contribution in [0, 0.1) is 0 Å². The second-order valence-corrected chi connectivity index (χ2v) is 4.30. The lowest BCUT2D eigenvalue weighted by Crippen LogP contribution is -2.34. The number of nitrogens with zero attached hydrogens (tertiary/aromatic N) is 1. The van der Waals surface area contributed by atoms with Gasteiger partial charge in [-0.05, 0) is 24.5 Å². The molecule has 0 aliphatic carbocycles. The van der Waals surface area contributed by atoms with E-state index in [9.17, 15) is 9.59 Å². The van der Waals surface area contributed by atoms with Crippen LogP contribution in [0.1, 0.15) is 12.0 Å². The standard InChI is InChI=1S/C13H16N4O2/c14-10-5-1-3-9(12(10)15)4-2-8-17-11(18)6-7-16-13(17)19/h1,3,5-7H,2,4,8,14-15H2,(H,16,19). The number of nitrogens with one attached hydrogen (secondary N) is 1. The zero-order valence-corrected chi connectivity index (χ0v) is 10.4. The Morgan fingerprint density at radius 2 is 1.95 bits per heavy atom. The number of aryl methyl sites for hydroxylation is 1. The molecule has 0 spiro atoms. The van der Waals surface area contributed by atoms with E-state index >= 15 is 0 Å². The minimum absolute atomic E-state index is 0.302. The third-order valence-electron chi connectivity index (χ3n) is 3.00. The first kappa shape index (κ1) is 12.9. The van der Waals surface area contributed by atoms with Crippen molar-refractivity contribution in [3.8, 4) is 0 Å². The van der Waals surface area contributed by atoms with Crippen molar-refractivity contribution in [1.29, 1.82) is 0 Å². The fraction of sp³-hybridized carbons (Fsp3) is 0.231. The highest BCUT2D eigenvalue weighted by Gasteiger charge is 2.04. The Kier molecular flexibility index (Phi) is 3.70. The van der Waals surface area contributed by atoms with Gasteiger partial charge in [-0.2, -0.15) is 0 Å². The minimum atomic E-state index is -0.395. The van der Waals surface area contributed by atoms with Crippen molar-refractivity contribution in [2.45, 2.75) is 19.4 Å². The Bertz CT molecular complexity index is 659. The van der Waals surface area contributed by atoms with E-state index in [0.717, 1.165) is 5.56 Å². The van der Waals surface area contributed by atoms with Crippen LogP contribution in [0.25, 0.3) is 0 Å². The summed E-state index contributed by atoms with van der Waals surface area (Å²) >= 11 is 0. The molecule has 0 unspecified atom stereocenters. The van der Waals surface area contributed by atoms with E-state index < -0.39 is 5.69 Å². The van der Waals surface area contributed by atoms with Gasteiger partial charge in [0.05, 0.1) is 11.4 Å². The Hall–Kier alpha value is -2.50. The number of nitrogens with two attached hydrogens (primary N) is 2. The van der Waals surface area contributed by atoms with Gasteiger partial charge >= 0.3 is 5.69 Å². The van der Waals surface area contributed by atoms with Gasteiger partial charge in [-0.3, -0.25) is 9.36 Å². The van der Waals surface area contributed by atoms with Crippen LogP contribution in [0.4, 0.5) is 11.4 Å². The van der Waals surface area contributed by atoms with E-state index in [0.29, 0.717) is 30.8 Å². The van der Waals surface area contributed by atoms with Crippen molar-refractivity contribution < 1.29 is 0 Å². The number of aromatic nitrogens is 2. The van der Waals surface area contributed by atoms with Gasteiger partial charge in [-0.25, -0.2) is 4.79 Å². The van der Waals surface area contributed by atoms with Crippen LogP contribution in [-0.4, -0.2) is 9.55 Å². The highest BCUT2D eigenvalue weighted by molar-refractivity contribution is 5.67. The Morgan fingerprint density at radius 3 is 2.68 bits per heavy atom. The van der Waals surface area contributed by atoms with Gasteiger partial charge in [0.2, 0.25) is 0 Å². The number of rotatable bonds is 4. The van der Waals surface area contributed by atoms with Crippen LogP contribution < -0.4 is 22.7 Å². The first-order valence-electron chi connectivity index (χ1n) is 6.01. The number of H-pyrrole nitrogens is 1. The van der Waals surface area contributed by atoms with Crippen LogP contribution in [0.5, 0.6) is 0 Å². The predicted molar refractivity (Wildman–Crippen MR) is 74.9 cm³/mol. The van der Waals surface area contributed by atoms with Gasteiger partial charge in [-0.1, -0.05) is 12.1 Å². The van der Waals surface area contributed by atoms with Crippen molar-refractivity contribution >= 4 is 11.4 Å². The fourth-order valence-corrected chi connectivity index (χ4v) is 1.94. The lowest BCUT2D eigenvalue weighted by atomic mass is 10.1. The maximum atomic E-state index is 11.5. The maximum Gasteiger partial charge on any atom is 0.328 e. The largest absolute Gasteiger partial charge is 0.397 e. The second kappa shape index (κ2) is 5.43. The summed E-state index contributed by atoms with van der Waals surface area (Å²) in [6.45, 7) is 0.350. The number of benzene rings is 1. The molecule has 1 aromatic carbocycles. The van der Waals surface area contributed by atoms with E-state index in [1.165, 1.54) is 16.8 Å². The van der Waals surface area contributed by atoms with E-state index in [1.807, 2.05) is 12.1 Å². The van der Waals surface area contributed by atoms with Gasteiger partial charge in [0, 0.05) is 18.8 Å². The average molecular weight is 260 g/mol. The molecular weight excluding hydrogens is 244 g/mol. The van der Waals surface area contributed by atoms with Crippen LogP contribution in [-0.2, 0) is 13.0 Å². The number of nitrogen functional groups attached to an aromatic ring is 2. The molecule has 100 valence electrons.